The van der Waals surface area contributed by atoms with Crippen LogP contribution in [0.25, 0.3) is 6.08 Å². The van der Waals surface area contributed by atoms with Gasteiger partial charge in [-0.3, -0.25) is 9.59 Å². The fourth-order valence-electron chi connectivity index (χ4n) is 3.25. The minimum atomic E-state index is -0.523. The van der Waals surface area contributed by atoms with Gasteiger partial charge in [-0.15, -0.1) is 0 Å². The van der Waals surface area contributed by atoms with Gasteiger partial charge in [0.25, 0.3) is 11.8 Å². The van der Waals surface area contributed by atoms with Crippen molar-refractivity contribution in [3.63, 3.8) is 0 Å². The number of halogens is 1. The highest BCUT2D eigenvalue weighted by molar-refractivity contribution is 9.10. The molecule has 0 aliphatic heterocycles. The van der Waals surface area contributed by atoms with Crippen LogP contribution in [0, 0.1) is 0 Å². The van der Waals surface area contributed by atoms with Crippen LogP contribution in [0.4, 0.5) is 5.69 Å². The average molecular weight is 519 g/mol. The fourth-order valence-corrected chi connectivity index (χ4v) is 3.52. The molecule has 0 saturated heterocycles. The number of anilines is 1. The van der Waals surface area contributed by atoms with Crippen molar-refractivity contribution in [2.24, 2.45) is 5.10 Å². The van der Waals surface area contributed by atoms with Crippen LogP contribution in [-0.4, -0.2) is 31.1 Å². The molecule has 3 aromatic carbocycles. The zero-order valence-corrected chi connectivity index (χ0v) is 20.7. The minimum absolute atomic E-state index is 0.0948. The van der Waals surface area contributed by atoms with E-state index >= 15 is 0 Å². The molecule has 174 valence electrons. The lowest BCUT2D eigenvalue weighted by molar-refractivity contribution is -0.117. The van der Waals surface area contributed by atoms with E-state index in [9.17, 15) is 9.59 Å². The van der Waals surface area contributed by atoms with Gasteiger partial charge in [-0.2, -0.15) is 5.10 Å². The van der Waals surface area contributed by atoms with Crippen molar-refractivity contribution in [3.05, 3.63) is 106 Å². The van der Waals surface area contributed by atoms with Crippen molar-refractivity contribution in [1.82, 2.24) is 10.7 Å². The number of benzene rings is 3. The number of hydrogen-bond donors (Lipinski definition) is 2. The Bertz CT molecular complexity index is 1150. The topological polar surface area (TPSA) is 73.8 Å². The molecule has 0 atom stereocenters. The zero-order valence-electron chi connectivity index (χ0n) is 19.2. The maximum Gasteiger partial charge on any atom is 0.287 e. The molecule has 34 heavy (non-hydrogen) atoms. The third-order valence-electron chi connectivity index (χ3n) is 5.11. The molecular formula is C27H27BrN4O2. The Morgan fingerprint density at radius 2 is 1.50 bits per heavy atom. The van der Waals surface area contributed by atoms with Gasteiger partial charge in [0, 0.05) is 28.8 Å². The summed E-state index contributed by atoms with van der Waals surface area (Å²) in [6.45, 7) is 6.02. The summed E-state index contributed by atoms with van der Waals surface area (Å²) >= 11 is 3.39. The van der Waals surface area contributed by atoms with Gasteiger partial charge in [0.05, 0.1) is 6.21 Å². The number of carbonyl (C=O) groups excluding carboxylic acids is 2. The number of hydrogen-bond acceptors (Lipinski definition) is 4. The molecule has 2 N–H and O–H groups in total. The first-order valence-corrected chi connectivity index (χ1v) is 11.8. The fraction of sp³-hybridized carbons (Fsp3) is 0.148. The average Bonchev–Trinajstić information content (AvgIpc) is 2.87. The predicted octanol–water partition coefficient (Wildman–Crippen LogP) is 5.22. The van der Waals surface area contributed by atoms with E-state index in [1.54, 1.807) is 36.6 Å². The maximum absolute atomic E-state index is 12.9. The minimum Gasteiger partial charge on any atom is -0.372 e. The van der Waals surface area contributed by atoms with Crippen LogP contribution in [0.3, 0.4) is 0 Å². The second-order valence-electron chi connectivity index (χ2n) is 7.39. The molecule has 0 spiro atoms. The summed E-state index contributed by atoms with van der Waals surface area (Å²) in [6.07, 6.45) is 3.18. The van der Waals surface area contributed by atoms with E-state index in [-0.39, 0.29) is 11.6 Å². The Balaban J connectivity index is 1.81. The largest absolute Gasteiger partial charge is 0.372 e. The molecule has 0 radical (unpaired) electrons. The molecule has 0 fully saturated rings. The van der Waals surface area contributed by atoms with E-state index in [0.29, 0.717) is 5.56 Å². The van der Waals surface area contributed by atoms with Crippen molar-refractivity contribution in [2.75, 3.05) is 18.0 Å². The van der Waals surface area contributed by atoms with E-state index < -0.39 is 5.91 Å². The number of nitrogens with one attached hydrogen (secondary N) is 2. The first-order valence-electron chi connectivity index (χ1n) is 11.0. The highest BCUT2D eigenvalue weighted by Gasteiger charge is 2.14. The van der Waals surface area contributed by atoms with E-state index in [4.69, 9.17) is 0 Å². The molecule has 7 heteroatoms. The van der Waals surface area contributed by atoms with Crippen molar-refractivity contribution >= 4 is 45.7 Å². The number of rotatable bonds is 9. The van der Waals surface area contributed by atoms with Crippen LogP contribution in [0.15, 0.2) is 94.1 Å². The van der Waals surface area contributed by atoms with Crippen LogP contribution in [0.1, 0.15) is 35.3 Å². The first-order chi connectivity index (χ1) is 16.5. The molecular weight excluding hydrogens is 492 g/mol. The number of amides is 2. The second kappa shape index (κ2) is 12.5. The van der Waals surface area contributed by atoms with Gasteiger partial charge in [0.1, 0.15) is 5.70 Å². The van der Waals surface area contributed by atoms with Gasteiger partial charge in [-0.25, -0.2) is 5.43 Å². The van der Waals surface area contributed by atoms with Crippen LogP contribution < -0.4 is 15.6 Å². The number of hydrazone groups is 1. The highest BCUT2D eigenvalue weighted by atomic mass is 79.9. The van der Waals surface area contributed by atoms with Gasteiger partial charge >= 0.3 is 0 Å². The third-order valence-corrected chi connectivity index (χ3v) is 5.64. The van der Waals surface area contributed by atoms with Crippen molar-refractivity contribution < 1.29 is 9.59 Å². The summed E-state index contributed by atoms with van der Waals surface area (Å²) < 4.78 is 0.953. The SMILES string of the molecule is CCN(CC)c1ccc(C=C(NC(=O)c2ccccc2)C(=O)NN=Cc2ccc(Br)cc2)cc1. The molecule has 3 rings (SSSR count). The van der Waals surface area contributed by atoms with Crippen LogP contribution in [0.2, 0.25) is 0 Å². The molecule has 0 aliphatic carbocycles. The summed E-state index contributed by atoms with van der Waals surface area (Å²) in [6, 6.07) is 24.1. The standard InChI is InChI=1S/C27H27BrN4O2/c1-3-32(4-2)24-16-12-20(13-17-24)18-25(30-26(33)22-8-6-5-7-9-22)27(34)31-29-19-21-10-14-23(28)15-11-21/h5-19H,3-4H2,1-2H3,(H,30,33)(H,31,34). The predicted molar refractivity (Wildman–Crippen MR) is 142 cm³/mol. The van der Waals surface area contributed by atoms with Gasteiger partial charge in [0.15, 0.2) is 0 Å². The van der Waals surface area contributed by atoms with Crippen LogP contribution in [-0.2, 0) is 4.79 Å². The Labute approximate surface area is 208 Å². The van der Waals surface area contributed by atoms with E-state index in [2.05, 4.69) is 50.5 Å². The summed E-state index contributed by atoms with van der Waals surface area (Å²) in [5.74, 6) is -0.899. The molecule has 0 heterocycles. The monoisotopic (exact) mass is 518 g/mol. The normalized spacial score (nSPS) is 11.3. The number of carbonyl (C=O) groups is 2. The molecule has 6 nitrogen and oxygen atoms in total. The summed E-state index contributed by atoms with van der Waals surface area (Å²) in [4.78, 5) is 27.9. The molecule has 0 saturated carbocycles. The quantitative estimate of drug-likeness (QED) is 0.232. The van der Waals surface area contributed by atoms with Gasteiger partial charge < -0.3 is 10.2 Å². The molecule has 2 amide bonds. The van der Waals surface area contributed by atoms with Gasteiger partial charge in [0.2, 0.25) is 0 Å². The second-order valence-corrected chi connectivity index (χ2v) is 8.31. The summed E-state index contributed by atoms with van der Waals surface area (Å²) in [5, 5.41) is 6.75. The van der Waals surface area contributed by atoms with E-state index in [0.717, 1.165) is 34.4 Å². The van der Waals surface area contributed by atoms with Gasteiger partial charge in [-0.1, -0.05) is 58.4 Å². The van der Waals surface area contributed by atoms with Crippen LogP contribution in [0.5, 0.6) is 0 Å². The van der Waals surface area contributed by atoms with Crippen molar-refractivity contribution in [2.45, 2.75) is 13.8 Å². The van der Waals surface area contributed by atoms with Crippen molar-refractivity contribution in [3.8, 4) is 0 Å². The maximum atomic E-state index is 12.9. The molecule has 0 unspecified atom stereocenters. The van der Waals surface area contributed by atoms with E-state index in [1.807, 2.05) is 54.6 Å². The Morgan fingerprint density at radius 3 is 2.12 bits per heavy atom. The highest BCUT2D eigenvalue weighted by Crippen LogP contribution is 2.17. The van der Waals surface area contributed by atoms with Crippen molar-refractivity contribution in [1.29, 1.82) is 0 Å². The van der Waals surface area contributed by atoms with Crippen LogP contribution >= 0.6 is 15.9 Å². The first kappa shape index (κ1) is 24.9. The lowest BCUT2D eigenvalue weighted by Crippen LogP contribution is -2.32. The van der Waals surface area contributed by atoms with E-state index in [1.165, 1.54) is 0 Å². The Morgan fingerprint density at radius 1 is 0.882 bits per heavy atom. The summed E-state index contributed by atoms with van der Waals surface area (Å²) in [7, 11) is 0. The summed E-state index contributed by atoms with van der Waals surface area (Å²) in [5.41, 5.74) is 5.76. The lowest BCUT2D eigenvalue weighted by atomic mass is 10.1. The Kier molecular flexibility index (Phi) is 9.17. The third kappa shape index (κ3) is 7.15. The number of nitrogens with zero attached hydrogens (tertiary/aromatic N) is 2. The zero-order chi connectivity index (χ0) is 24.3. The lowest BCUT2D eigenvalue weighted by Gasteiger charge is -2.20. The molecule has 0 bridgehead atoms. The Hall–Kier alpha value is -3.71. The molecule has 0 aromatic heterocycles. The van der Waals surface area contributed by atoms with Gasteiger partial charge in [-0.05, 0) is 67.4 Å². The molecule has 0 aliphatic rings. The molecule has 3 aromatic rings. The smallest absolute Gasteiger partial charge is 0.287 e.